The summed E-state index contributed by atoms with van der Waals surface area (Å²) in [7, 11) is 0. The van der Waals surface area contributed by atoms with Crippen LogP contribution >= 0.6 is 11.8 Å². The monoisotopic (exact) mass is 525 g/mol. The summed E-state index contributed by atoms with van der Waals surface area (Å²) in [6, 6.07) is 19.8. The summed E-state index contributed by atoms with van der Waals surface area (Å²) >= 11 is 1.37. The van der Waals surface area contributed by atoms with Crippen LogP contribution in [0.2, 0.25) is 0 Å². The largest absolute Gasteiger partial charge is 0.451 e. The molecule has 7 heteroatoms. The van der Waals surface area contributed by atoms with Gasteiger partial charge in [-0.15, -0.1) is 0 Å². The average molecular weight is 526 g/mol. The van der Waals surface area contributed by atoms with E-state index in [1.165, 1.54) is 23.9 Å². The maximum Gasteiger partial charge on any atom is 0.338 e. The zero-order valence-corrected chi connectivity index (χ0v) is 21.9. The molecule has 196 valence electrons. The Hall–Kier alpha value is -3.19. The number of ether oxygens (including phenoxy) is 1. The van der Waals surface area contributed by atoms with E-state index in [4.69, 9.17) is 4.74 Å². The minimum Gasteiger partial charge on any atom is -0.451 e. The van der Waals surface area contributed by atoms with Crippen LogP contribution in [-0.4, -0.2) is 29.3 Å². The van der Waals surface area contributed by atoms with Crippen LogP contribution < -0.4 is 0 Å². The molecule has 0 aliphatic carbocycles. The van der Waals surface area contributed by atoms with Crippen LogP contribution in [0.4, 0.5) is 8.78 Å². The Morgan fingerprint density at radius 1 is 0.892 bits per heavy atom. The molecule has 37 heavy (non-hydrogen) atoms. The molecule has 0 unspecified atom stereocenters. The van der Waals surface area contributed by atoms with E-state index in [-0.39, 0.29) is 30.8 Å². The molecule has 4 nitrogen and oxygen atoms in total. The molecule has 0 saturated carbocycles. The van der Waals surface area contributed by atoms with Crippen molar-refractivity contribution >= 4 is 23.6 Å². The summed E-state index contributed by atoms with van der Waals surface area (Å²) in [4.78, 5) is 27.9. The lowest BCUT2D eigenvalue weighted by Crippen LogP contribution is -2.33. The Balaban J connectivity index is 1.59. The molecule has 0 saturated heterocycles. The molecule has 1 amide bonds. The lowest BCUT2D eigenvalue weighted by Gasteiger charge is -2.23. The van der Waals surface area contributed by atoms with E-state index in [0.717, 1.165) is 48.6 Å². The van der Waals surface area contributed by atoms with Gasteiger partial charge in [-0.2, -0.15) is 0 Å². The number of nitrogens with zero attached hydrogens (tertiary/aromatic N) is 1. The maximum absolute atomic E-state index is 14.3. The van der Waals surface area contributed by atoms with Crippen LogP contribution in [0.1, 0.15) is 60.5 Å². The third kappa shape index (κ3) is 9.65. The standard InChI is InChI=1S/C30H33F2NO3S/c1-2-3-4-5-9-17-33(21-25-15-16-26(31)20-28(25)32)29(34)19-23-11-10-14-27(18-23)37-22-36-30(35)24-12-7-6-8-13-24/h6-8,10-16,18,20H,2-5,9,17,19,21-22H2,1H3. The predicted molar refractivity (Wildman–Crippen MR) is 143 cm³/mol. The number of amides is 1. The Morgan fingerprint density at radius 3 is 2.43 bits per heavy atom. The molecule has 0 aliphatic heterocycles. The molecule has 0 aromatic heterocycles. The second kappa shape index (κ2) is 15.2. The Bertz CT molecular complexity index is 1160. The molecule has 0 radical (unpaired) electrons. The van der Waals surface area contributed by atoms with Crippen molar-refractivity contribution in [2.45, 2.75) is 56.9 Å². The van der Waals surface area contributed by atoms with Gasteiger partial charge in [0.2, 0.25) is 5.91 Å². The van der Waals surface area contributed by atoms with E-state index in [1.54, 1.807) is 29.2 Å². The lowest BCUT2D eigenvalue weighted by molar-refractivity contribution is -0.131. The van der Waals surface area contributed by atoms with Crippen LogP contribution in [-0.2, 0) is 22.5 Å². The molecule has 0 atom stereocenters. The van der Waals surface area contributed by atoms with Gasteiger partial charge in [-0.1, -0.05) is 80.8 Å². The van der Waals surface area contributed by atoms with E-state index in [2.05, 4.69) is 6.92 Å². The lowest BCUT2D eigenvalue weighted by atomic mass is 10.1. The Labute approximate surface area is 222 Å². The number of hydrogen-bond acceptors (Lipinski definition) is 4. The van der Waals surface area contributed by atoms with Crippen molar-refractivity contribution < 1.29 is 23.1 Å². The Kier molecular flexibility index (Phi) is 11.6. The first-order valence-electron chi connectivity index (χ1n) is 12.6. The highest BCUT2D eigenvalue weighted by atomic mass is 32.2. The molecular formula is C30H33F2NO3S. The minimum absolute atomic E-state index is 0.0998. The zero-order valence-electron chi connectivity index (χ0n) is 21.1. The fraction of sp³-hybridized carbons (Fsp3) is 0.333. The van der Waals surface area contributed by atoms with Gasteiger partial charge in [0.05, 0.1) is 12.0 Å². The van der Waals surface area contributed by atoms with Gasteiger partial charge in [0.15, 0.2) is 0 Å². The number of thioether (sulfide) groups is 1. The average Bonchev–Trinajstić information content (AvgIpc) is 2.89. The van der Waals surface area contributed by atoms with E-state index >= 15 is 0 Å². The molecule has 0 N–H and O–H groups in total. The second-order valence-corrected chi connectivity index (χ2v) is 9.85. The van der Waals surface area contributed by atoms with Crippen molar-refractivity contribution in [1.29, 1.82) is 0 Å². The van der Waals surface area contributed by atoms with Crippen LogP contribution in [0.25, 0.3) is 0 Å². The first kappa shape index (κ1) is 28.4. The van der Waals surface area contributed by atoms with Crippen LogP contribution in [0.15, 0.2) is 77.7 Å². The molecule has 0 bridgehead atoms. The van der Waals surface area contributed by atoms with Crippen LogP contribution in [0.3, 0.4) is 0 Å². The highest BCUT2D eigenvalue weighted by Crippen LogP contribution is 2.21. The number of esters is 1. The second-order valence-electron chi connectivity index (χ2n) is 8.85. The summed E-state index contributed by atoms with van der Waals surface area (Å²) in [6.45, 7) is 2.76. The molecule has 0 heterocycles. The molecule has 3 rings (SSSR count). The summed E-state index contributed by atoms with van der Waals surface area (Å²) < 4.78 is 33.0. The third-order valence-electron chi connectivity index (χ3n) is 5.94. The fourth-order valence-electron chi connectivity index (χ4n) is 3.89. The van der Waals surface area contributed by atoms with Gasteiger partial charge in [0.25, 0.3) is 0 Å². The van der Waals surface area contributed by atoms with Gasteiger partial charge < -0.3 is 9.64 Å². The van der Waals surface area contributed by atoms with Gasteiger partial charge in [-0.05, 0) is 42.3 Å². The van der Waals surface area contributed by atoms with Crippen LogP contribution in [0.5, 0.6) is 0 Å². The third-order valence-corrected chi connectivity index (χ3v) is 6.76. The van der Waals surface area contributed by atoms with Crippen molar-refractivity contribution in [3.8, 4) is 0 Å². The van der Waals surface area contributed by atoms with E-state index in [9.17, 15) is 18.4 Å². The van der Waals surface area contributed by atoms with Gasteiger partial charge in [-0.25, -0.2) is 13.6 Å². The minimum atomic E-state index is -0.646. The summed E-state index contributed by atoms with van der Waals surface area (Å²) in [5.41, 5.74) is 1.61. The van der Waals surface area contributed by atoms with Gasteiger partial charge >= 0.3 is 5.97 Å². The molecule has 0 fully saturated rings. The number of hydrogen-bond donors (Lipinski definition) is 0. The summed E-state index contributed by atoms with van der Waals surface area (Å²) in [5, 5.41) is 0. The highest BCUT2D eigenvalue weighted by Gasteiger charge is 2.17. The van der Waals surface area contributed by atoms with Crippen molar-refractivity contribution in [3.63, 3.8) is 0 Å². The quantitative estimate of drug-likeness (QED) is 0.0951. The van der Waals surface area contributed by atoms with Gasteiger partial charge in [0, 0.05) is 29.6 Å². The summed E-state index contributed by atoms with van der Waals surface area (Å²) in [5.74, 6) is -1.63. The van der Waals surface area contributed by atoms with Crippen molar-refractivity contribution in [3.05, 3.63) is 101 Å². The fourth-order valence-corrected chi connectivity index (χ4v) is 4.61. The molecule has 3 aromatic rings. The highest BCUT2D eigenvalue weighted by molar-refractivity contribution is 7.99. The molecule has 3 aromatic carbocycles. The molecule has 0 spiro atoms. The van der Waals surface area contributed by atoms with Crippen molar-refractivity contribution in [2.75, 3.05) is 12.5 Å². The number of rotatable bonds is 14. The number of halogens is 2. The van der Waals surface area contributed by atoms with Crippen molar-refractivity contribution in [2.24, 2.45) is 0 Å². The summed E-state index contributed by atoms with van der Waals surface area (Å²) in [6.07, 6.45) is 5.36. The number of unbranched alkanes of at least 4 members (excludes halogenated alkanes) is 4. The predicted octanol–water partition coefficient (Wildman–Crippen LogP) is 7.41. The van der Waals surface area contributed by atoms with Crippen molar-refractivity contribution in [1.82, 2.24) is 4.90 Å². The maximum atomic E-state index is 14.3. The van der Waals surface area contributed by atoms with E-state index in [0.29, 0.717) is 17.7 Å². The molecular weight excluding hydrogens is 492 g/mol. The first-order chi connectivity index (χ1) is 18.0. The van der Waals surface area contributed by atoms with Crippen LogP contribution in [0, 0.1) is 11.6 Å². The SMILES string of the molecule is CCCCCCCN(Cc1ccc(F)cc1F)C(=O)Cc1cccc(SCOC(=O)c2ccccc2)c1. The van der Waals surface area contributed by atoms with Gasteiger partial charge in [0.1, 0.15) is 17.6 Å². The molecule has 0 aliphatic rings. The van der Waals surface area contributed by atoms with E-state index < -0.39 is 11.6 Å². The Morgan fingerprint density at radius 2 is 1.68 bits per heavy atom. The van der Waals surface area contributed by atoms with E-state index in [1.807, 2.05) is 30.3 Å². The number of carbonyl (C=O) groups is 2. The number of benzene rings is 3. The smallest absolute Gasteiger partial charge is 0.338 e. The topological polar surface area (TPSA) is 46.6 Å². The normalized spacial score (nSPS) is 10.8. The number of carbonyl (C=O) groups excluding carboxylic acids is 2. The first-order valence-corrected chi connectivity index (χ1v) is 13.6. The zero-order chi connectivity index (χ0) is 26.5. The van der Waals surface area contributed by atoms with Gasteiger partial charge in [-0.3, -0.25) is 4.79 Å².